The molecule has 1 fully saturated rings. The molecule has 1 amide bonds. The van der Waals surface area contributed by atoms with Crippen molar-refractivity contribution in [3.05, 3.63) is 85.4 Å². The van der Waals surface area contributed by atoms with Crippen molar-refractivity contribution in [3.63, 3.8) is 0 Å². The highest BCUT2D eigenvalue weighted by molar-refractivity contribution is 7.17. The maximum absolute atomic E-state index is 13.4. The molecule has 2 unspecified atom stereocenters. The fourth-order valence-electron chi connectivity index (χ4n) is 4.75. The lowest BCUT2D eigenvalue weighted by Gasteiger charge is -2.23. The van der Waals surface area contributed by atoms with Gasteiger partial charge in [0, 0.05) is 24.1 Å². The van der Waals surface area contributed by atoms with E-state index in [0.717, 1.165) is 21.8 Å². The minimum Gasteiger partial charge on any atom is -0.507 e. The Bertz CT molecular complexity index is 1580. The number of carbonyl (C=O) groups is 3. The van der Waals surface area contributed by atoms with Crippen LogP contribution in [0, 0.1) is 17.0 Å². The second-order valence-electron chi connectivity index (χ2n) is 9.11. The number of aryl methyl sites for hydroxylation is 1. The number of non-ortho nitro benzene ring substituents is 1. The van der Waals surface area contributed by atoms with Crippen molar-refractivity contribution in [2.24, 2.45) is 0 Å². The first-order valence-corrected chi connectivity index (χ1v) is 12.9. The summed E-state index contributed by atoms with van der Waals surface area (Å²) in [6.45, 7) is 5.27. The van der Waals surface area contributed by atoms with E-state index in [1.165, 1.54) is 24.3 Å². The van der Waals surface area contributed by atoms with Crippen LogP contribution in [-0.2, 0) is 20.7 Å². The van der Waals surface area contributed by atoms with E-state index < -0.39 is 34.4 Å². The van der Waals surface area contributed by atoms with Gasteiger partial charge in [0.2, 0.25) is 0 Å². The zero-order chi connectivity index (χ0) is 28.0. The largest absolute Gasteiger partial charge is 0.507 e. The highest BCUT2D eigenvalue weighted by atomic mass is 32.1. The summed E-state index contributed by atoms with van der Waals surface area (Å²) < 4.78 is 10.8. The number of benzene rings is 2. The second-order valence-corrected chi connectivity index (χ2v) is 10.1. The molecule has 0 spiro atoms. The van der Waals surface area contributed by atoms with Gasteiger partial charge in [0.15, 0.2) is 5.13 Å². The molecular formula is C27H23N3O8S. The monoisotopic (exact) mass is 549 g/mol. The van der Waals surface area contributed by atoms with Gasteiger partial charge in [-0.05, 0) is 50.1 Å². The first-order valence-electron chi connectivity index (χ1n) is 12.1. The number of carbonyl (C=O) groups excluding carboxylic acids is 3. The van der Waals surface area contributed by atoms with Crippen molar-refractivity contribution in [1.29, 1.82) is 0 Å². The minimum absolute atomic E-state index is 0.0180. The maximum Gasteiger partial charge on any atom is 0.350 e. The zero-order valence-corrected chi connectivity index (χ0v) is 22.0. The minimum atomic E-state index is -1.24. The van der Waals surface area contributed by atoms with Crippen molar-refractivity contribution in [3.8, 4) is 5.75 Å². The Morgan fingerprint density at radius 1 is 1.28 bits per heavy atom. The number of amides is 1. The van der Waals surface area contributed by atoms with Crippen LogP contribution in [0.2, 0.25) is 0 Å². The van der Waals surface area contributed by atoms with Gasteiger partial charge in [-0.3, -0.25) is 24.6 Å². The summed E-state index contributed by atoms with van der Waals surface area (Å²) in [5.74, 6) is -2.38. The van der Waals surface area contributed by atoms with Crippen molar-refractivity contribution in [1.82, 2.24) is 4.98 Å². The van der Waals surface area contributed by atoms with E-state index in [2.05, 4.69) is 4.98 Å². The molecule has 11 nitrogen and oxygen atoms in total. The van der Waals surface area contributed by atoms with Gasteiger partial charge in [0.05, 0.1) is 28.8 Å². The molecule has 2 aliphatic heterocycles. The molecule has 2 aliphatic rings. The summed E-state index contributed by atoms with van der Waals surface area (Å²) in [6.07, 6.45) is 0.559. The lowest BCUT2D eigenvalue weighted by Crippen LogP contribution is -2.29. The zero-order valence-electron chi connectivity index (χ0n) is 21.2. The third-order valence-corrected chi connectivity index (χ3v) is 7.60. The Balaban J connectivity index is 1.69. The number of thiazole rings is 1. The molecular weight excluding hydrogens is 526 g/mol. The molecule has 2 aromatic carbocycles. The molecule has 1 saturated heterocycles. The number of esters is 1. The van der Waals surface area contributed by atoms with E-state index in [1.807, 2.05) is 6.92 Å². The molecule has 0 saturated carbocycles. The number of hydrogen-bond donors (Lipinski definition) is 1. The summed E-state index contributed by atoms with van der Waals surface area (Å²) in [5, 5.41) is 23.0. The van der Waals surface area contributed by atoms with E-state index in [9.17, 15) is 29.6 Å². The van der Waals surface area contributed by atoms with Crippen LogP contribution in [0.3, 0.4) is 0 Å². The Kier molecular flexibility index (Phi) is 6.64. The van der Waals surface area contributed by atoms with Crippen molar-refractivity contribution in [2.75, 3.05) is 11.5 Å². The molecule has 2 atom stereocenters. The molecule has 5 rings (SSSR count). The molecule has 0 radical (unpaired) electrons. The number of nitrogens with zero attached hydrogens (tertiary/aromatic N) is 3. The number of Topliss-reactive ketones (excluding diaryl/α,β-unsaturated/α-hetero) is 1. The first-order chi connectivity index (χ1) is 18.6. The Morgan fingerprint density at radius 2 is 2.05 bits per heavy atom. The summed E-state index contributed by atoms with van der Waals surface area (Å²) in [5.41, 5.74) is 1.13. The summed E-state index contributed by atoms with van der Waals surface area (Å²) in [4.78, 5) is 55.8. The topological polar surface area (TPSA) is 149 Å². The average molecular weight is 550 g/mol. The summed E-state index contributed by atoms with van der Waals surface area (Å²) in [7, 11) is 0. The maximum atomic E-state index is 13.4. The lowest BCUT2D eigenvalue weighted by molar-refractivity contribution is -0.384. The van der Waals surface area contributed by atoms with Gasteiger partial charge >= 0.3 is 11.9 Å². The number of fused-ring (bicyclic) bond motifs is 1. The number of anilines is 1. The van der Waals surface area contributed by atoms with Crippen LogP contribution in [0.5, 0.6) is 5.75 Å². The molecule has 200 valence electrons. The third kappa shape index (κ3) is 4.52. The predicted octanol–water partition coefficient (Wildman–Crippen LogP) is 4.49. The number of ether oxygens (including phenoxy) is 2. The highest BCUT2D eigenvalue weighted by Crippen LogP contribution is 2.45. The van der Waals surface area contributed by atoms with E-state index in [0.29, 0.717) is 23.4 Å². The first kappa shape index (κ1) is 26.0. The quantitative estimate of drug-likeness (QED) is 0.117. The number of aromatic nitrogens is 1. The molecule has 0 aliphatic carbocycles. The lowest BCUT2D eigenvalue weighted by atomic mass is 9.94. The number of aliphatic hydroxyl groups excluding tert-OH is 1. The summed E-state index contributed by atoms with van der Waals surface area (Å²) >= 11 is 0.858. The van der Waals surface area contributed by atoms with Crippen LogP contribution in [0.15, 0.2) is 48.0 Å². The van der Waals surface area contributed by atoms with E-state index in [-0.39, 0.29) is 39.5 Å². The van der Waals surface area contributed by atoms with Gasteiger partial charge in [0.1, 0.15) is 22.5 Å². The SMILES string of the molecule is CCOC(=O)c1sc(N2C(=O)C(=O)C(=C(O)c3ccc4c(c3)CC(C)O4)C2c2cccc([N+](=O)[O-])c2)nc1C. The smallest absolute Gasteiger partial charge is 0.350 e. The number of rotatable bonds is 6. The Morgan fingerprint density at radius 3 is 2.77 bits per heavy atom. The fraction of sp³-hybridized carbons (Fsp3) is 0.259. The predicted molar refractivity (Wildman–Crippen MR) is 141 cm³/mol. The fourth-order valence-corrected chi connectivity index (χ4v) is 5.74. The molecule has 12 heteroatoms. The van der Waals surface area contributed by atoms with Crippen molar-refractivity contribution >= 4 is 45.6 Å². The van der Waals surface area contributed by atoms with E-state index in [1.54, 1.807) is 32.0 Å². The van der Waals surface area contributed by atoms with Gasteiger partial charge in [0.25, 0.3) is 11.5 Å². The van der Waals surface area contributed by atoms with Gasteiger partial charge < -0.3 is 14.6 Å². The number of hydrogen-bond acceptors (Lipinski definition) is 10. The molecule has 39 heavy (non-hydrogen) atoms. The van der Waals surface area contributed by atoms with Gasteiger partial charge in [-0.2, -0.15) is 0 Å². The van der Waals surface area contributed by atoms with Crippen LogP contribution in [-0.4, -0.2) is 45.4 Å². The molecule has 1 aromatic heterocycles. The number of nitro groups is 1. The molecule has 0 bridgehead atoms. The standard InChI is InChI=1S/C27H23N3O8S/c1-4-37-26(34)24-14(3)28-27(39-24)29-21(15-6-5-7-18(12-15)30(35)36)20(23(32)25(29)33)22(31)16-8-9-19-17(11-16)10-13(2)38-19/h5-9,11-13,21,31H,4,10H2,1-3H3. The normalized spacial score (nSPS) is 19.6. The average Bonchev–Trinajstić information content (AvgIpc) is 3.55. The van der Waals surface area contributed by atoms with Crippen molar-refractivity contribution in [2.45, 2.75) is 39.3 Å². The summed E-state index contributed by atoms with van der Waals surface area (Å²) in [6, 6.07) is 9.19. The molecule has 1 N–H and O–H groups in total. The molecule has 3 aromatic rings. The number of nitro benzene ring substituents is 1. The van der Waals surface area contributed by atoms with Gasteiger partial charge in [-0.25, -0.2) is 9.78 Å². The van der Waals surface area contributed by atoms with Crippen LogP contribution in [0.25, 0.3) is 5.76 Å². The second kappa shape index (κ2) is 9.95. The van der Waals surface area contributed by atoms with Crippen LogP contribution in [0.1, 0.15) is 51.9 Å². The van der Waals surface area contributed by atoms with Gasteiger partial charge in [-0.15, -0.1) is 0 Å². The van der Waals surface area contributed by atoms with Crippen LogP contribution in [0.4, 0.5) is 10.8 Å². The Hall–Kier alpha value is -4.58. The molecule has 3 heterocycles. The van der Waals surface area contributed by atoms with Crippen molar-refractivity contribution < 1.29 is 33.9 Å². The van der Waals surface area contributed by atoms with Crippen LogP contribution >= 0.6 is 11.3 Å². The number of ketones is 1. The third-order valence-electron chi connectivity index (χ3n) is 6.46. The van der Waals surface area contributed by atoms with E-state index >= 15 is 0 Å². The highest BCUT2D eigenvalue weighted by Gasteiger charge is 2.49. The van der Waals surface area contributed by atoms with E-state index in [4.69, 9.17) is 9.47 Å². The Labute approximate surface area is 226 Å². The number of aliphatic hydroxyl groups is 1. The van der Waals surface area contributed by atoms with Crippen LogP contribution < -0.4 is 9.64 Å². The van der Waals surface area contributed by atoms with Gasteiger partial charge in [-0.1, -0.05) is 23.5 Å².